The molecule has 0 radical (unpaired) electrons. The maximum absolute atomic E-state index is 8.73. The largest absolute Gasteiger partial charge is 0.409 e. The zero-order chi connectivity index (χ0) is 14.7. The second-order valence-corrected chi connectivity index (χ2v) is 5.96. The van der Waals surface area contributed by atoms with Crippen LogP contribution in [0.5, 0.6) is 0 Å². The highest BCUT2D eigenvalue weighted by atomic mass is 16.4. The van der Waals surface area contributed by atoms with Gasteiger partial charge in [-0.15, -0.1) is 0 Å². The molecule has 2 aliphatic rings. The molecule has 6 nitrogen and oxygen atoms in total. The molecule has 1 unspecified atom stereocenters. The van der Waals surface area contributed by atoms with E-state index in [1.54, 1.807) is 6.20 Å². The van der Waals surface area contributed by atoms with E-state index in [9.17, 15) is 0 Å². The second-order valence-electron chi connectivity index (χ2n) is 5.96. The van der Waals surface area contributed by atoms with Crippen LogP contribution in [0.15, 0.2) is 23.5 Å². The Morgan fingerprint density at radius 1 is 1.38 bits per heavy atom. The Hall–Kier alpha value is -1.66. The van der Waals surface area contributed by atoms with Gasteiger partial charge in [-0.25, -0.2) is 0 Å². The molecule has 0 bridgehead atoms. The van der Waals surface area contributed by atoms with Gasteiger partial charge in [0.15, 0.2) is 5.84 Å². The first kappa shape index (κ1) is 14.3. The molecule has 0 spiro atoms. The van der Waals surface area contributed by atoms with Crippen LogP contribution in [-0.4, -0.2) is 58.0 Å². The number of aromatic nitrogens is 1. The third-order valence-corrected chi connectivity index (χ3v) is 4.51. The molecule has 1 aromatic rings. The molecule has 2 aliphatic heterocycles. The van der Waals surface area contributed by atoms with Crippen LogP contribution in [0.1, 0.15) is 30.5 Å². The van der Waals surface area contributed by atoms with Crippen molar-refractivity contribution in [3.8, 4) is 0 Å². The van der Waals surface area contributed by atoms with Gasteiger partial charge < -0.3 is 10.9 Å². The monoisotopic (exact) mass is 289 g/mol. The van der Waals surface area contributed by atoms with Crippen molar-refractivity contribution < 1.29 is 5.21 Å². The first-order valence-electron chi connectivity index (χ1n) is 7.65. The zero-order valence-electron chi connectivity index (χ0n) is 12.3. The third-order valence-electron chi connectivity index (χ3n) is 4.51. The van der Waals surface area contributed by atoms with E-state index in [4.69, 9.17) is 10.9 Å². The van der Waals surface area contributed by atoms with E-state index in [2.05, 4.69) is 19.9 Å². The lowest BCUT2D eigenvalue weighted by Crippen LogP contribution is -2.35. The van der Waals surface area contributed by atoms with Crippen LogP contribution in [0.4, 0.5) is 0 Å². The van der Waals surface area contributed by atoms with Crippen LogP contribution in [0.25, 0.3) is 0 Å². The molecular formula is C15H23N5O. The van der Waals surface area contributed by atoms with Crippen molar-refractivity contribution >= 4 is 5.84 Å². The van der Waals surface area contributed by atoms with Crippen LogP contribution in [0, 0.1) is 0 Å². The number of hydrogen-bond acceptors (Lipinski definition) is 5. The van der Waals surface area contributed by atoms with Crippen LogP contribution in [0.2, 0.25) is 0 Å². The number of likely N-dealkylation sites (tertiary alicyclic amines) is 2. The summed E-state index contributed by atoms with van der Waals surface area (Å²) in [7, 11) is 0. The first-order chi connectivity index (χ1) is 10.3. The van der Waals surface area contributed by atoms with E-state index in [0.29, 0.717) is 5.69 Å². The average molecular weight is 289 g/mol. The fourth-order valence-corrected chi connectivity index (χ4v) is 3.38. The van der Waals surface area contributed by atoms with Gasteiger partial charge in [-0.2, -0.15) is 0 Å². The lowest BCUT2D eigenvalue weighted by molar-refractivity contribution is 0.230. The topological polar surface area (TPSA) is 78.0 Å². The molecule has 6 heteroatoms. The van der Waals surface area contributed by atoms with Crippen molar-refractivity contribution in [3.63, 3.8) is 0 Å². The molecule has 0 aliphatic carbocycles. The first-order valence-corrected chi connectivity index (χ1v) is 7.65. The lowest BCUT2D eigenvalue weighted by atomic mass is 10.2. The van der Waals surface area contributed by atoms with Crippen LogP contribution in [0.3, 0.4) is 0 Å². The van der Waals surface area contributed by atoms with E-state index in [1.807, 2.05) is 12.1 Å². The normalized spacial score (nSPS) is 24.8. The highest BCUT2D eigenvalue weighted by Crippen LogP contribution is 2.21. The Bertz CT molecular complexity index is 513. The van der Waals surface area contributed by atoms with Crippen LogP contribution >= 0.6 is 0 Å². The molecule has 0 amide bonds. The molecule has 3 rings (SSSR count). The molecule has 2 fully saturated rings. The molecule has 1 aromatic heterocycles. The molecule has 114 valence electrons. The van der Waals surface area contributed by atoms with E-state index in [-0.39, 0.29) is 5.84 Å². The zero-order valence-corrected chi connectivity index (χ0v) is 12.3. The minimum atomic E-state index is 0.0632. The summed E-state index contributed by atoms with van der Waals surface area (Å²) < 4.78 is 0. The van der Waals surface area contributed by atoms with Gasteiger partial charge in [-0.1, -0.05) is 5.16 Å². The van der Waals surface area contributed by atoms with Crippen molar-refractivity contribution in [2.75, 3.05) is 26.2 Å². The van der Waals surface area contributed by atoms with E-state index in [1.165, 1.54) is 32.4 Å². The van der Waals surface area contributed by atoms with Gasteiger partial charge >= 0.3 is 0 Å². The number of rotatable bonds is 4. The Balaban J connectivity index is 1.60. The summed E-state index contributed by atoms with van der Waals surface area (Å²) in [4.78, 5) is 9.23. The number of nitrogens with zero attached hydrogens (tertiary/aromatic N) is 4. The summed E-state index contributed by atoms with van der Waals surface area (Å²) in [6.07, 6.45) is 5.68. The van der Waals surface area contributed by atoms with Crippen LogP contribution in [-0.2, 0) is 6.54 Å². The Kier molecular flexibility index (Phi) is 4.36. The van der Waals surface area contributed by atoms with Crippen molar-refractivity contribution in [2.24, 2.45) is 10.9 Å². The number of oxime groups is 1. The Labute approximate surface area is 125 Å². The molecule has 2 saturated heterocycles. The highest BCUT2D eigenvalue weighted by Gasteiger charge is 2.29. The molecule has 1 atom stereocenters. The Morgan fingerprint density at radius 3 is 2.95 bits per heavy atom. The molecule has 3 heterocycles. The fourth-order valence-electron chi connectivity index (χ4n) is 3.38. The van der Waals surface area contributed by atoms with Gasteiger partial charge in [-0.05, 0) is 50.0 Å². The van der Waals surface area contributed by atoms with Gasteiger partial charge in [0.05, 0.1) is 0 Å². The summed E-state index contributed by atoms with van der Waals surface area (Å²) in [6, 6.07) is 4.62. The summed E-state index contributed by atoms with van der Waals surface area (Å²) in [6.45, 7) is 5.71. The third kappa shape index (κ3) is 3.33. The van der Waals surface area contributed by atoms with Gasteiger partial charge in [-0.3, -0.25) is 14.8 Å². The second kappa shape index (κ2) is 6.41. The van der Waals surface area contributed by atoms with Crippen molar-refractivity contribution in [2.45, 2.75) is 31.8 Å². The minimum Gasteiger partial charge on any atom is -0.409 e. The van der Waals surface area contributed by atoms with Crippen LogP contribution < -0.4 is 5.73 Å². The quantitative estimate of drug-likeness (QED) is 0.372. The summed E-state index contributed by atoms with van der Waals surface area (Å²) in [5.41, 5.74) is 7.29. The summed E-state index contributed by atoms with van der Waals surface area (Å²) in [5, 5.41) is 11.7. The standard InChI is InChI=1S/C15H23N5O/c16-15(18-21)14-9-12(3-5-17-14)10-19-8-4-13(11-19)20-6-1-2-7-20/h3,5,9,13,21H,1-2,4,6-8,10-11H2,(H2,16,18). The van der Waals surface area contributed by atoms with Gasteiger partial charge in [0.25, 0.3) is 0 Å². The van der Waals surface area contributed by atoms with Gasteiger partial charge in [0.2, 0.25) is 0 Å². The SMILES string of the molecule is NC(=NO)c1cc(CN2CCC(N3CCCC3)C2)ccn1. The van der Waals surface area contributed by atoms with Crippen molar-refractivity contribution in [1.82, 2.24) is 14.8 Å². The number of hydrogen-bond donors (Lipinski definition) is 2. The van der Waals surface area contributed by atoms with E-state index in [0.717, 1.165) is 31.2 Å². The van der Waals surface area contributed by atoms with E-state index < -0.39 is 0 Å². The van der Waals surface area contributed by atoms with E-state index >= 15 is 0 Å². The minimum absolute atomic E-state index is 0.0632. The summed E-state index contributed by atoms with van der Waals surface area (Å²) in [5.74, 6) is 0.0632. The predicted molar refractivity (Wildman–Crippen MR) is 81.2 cm³/mol. The van der Waals surface area contributed by atoms with Gasteiger partial charge in [0.1, 0.15) is 5.69 Å². The predicted octanol–water partition coefficient (Wildman–Crippen LogP) is 0.846. The number of pyridine rings is 1. The average Bonchev–Trinajstić information content (AvgIpc) is 3.17. The molecular weight excluding hydrogens is 266 g/mol. The highest BCUT2D eigenvalue weighted by molar-refractivity contribution is 5.95. The van der Waals surface area contributed by atoms with Crippen molar-refractivity contribution in [1.29, 1.82) is 0 Å². The Morgan fingerprint density at radius 2 is 2.19 bits per heavy atom. The maximum Gasteiger partial charge on any atom is 0.188 e. The maximum atomic E-state index is 8.73. The summed E-state index contributed by atoms with van der Waals surface area (Å²) >= 11 is 0. The molecule has 0 saturated carbocycles. The fraction of sp³-hybridized carbons (Fsp3) is 0.600. The lowest BCUT2D eigenvalue weighted by Gasteiger charge is -2.23. The number of nitrogens with two attached hydrogens (primary N) is 1. The van der Waals surface area contributed by atoms with Gasteiger partial charge in [0, 0.05) is 31.9 Å². The molecule has 0 aromatic carbocycles. The molecule has 3 N–H and O–H groups in total. The smallest absolute Gasteiger partial charge is 0.188 e. The molecule has 21 heavy (non-hydrogen) atoms. The van der Waals surface area contributed by atoms with Crippen molar-refractivity contribution in [3.05, 3.63) is 29.6 Å². The number of amidine groups is 1.